The van der Waals surface area contributed by atoms with Crippen molar-refractivity contribution in [2.24, 2.45) is 0 Å². The first-order chi connectivity index (χ1) is 12.9. The molecule has 0 spiro atoms. The van der Waals surface area contributed by atoms with Crippen LogP contribution in [-0.2, 0) is 9.53 Å². The van der Waals surface area contributed by atoms with Crippen LogP contribution in [0.4, 0.5) is 5.69 Å². The SMILES string of the molecule is CC(C)Oc1ccc(C(=O)O[C@H](C)C(=O)Nc2ccc3c(c2)OCO3)cc1. The third-order valence-electron chi connectivity index (χ3n) is 3.75. The van der Waals surface area contributed by atoms with E-state index < -0.39 is 18.0 Å². The first kappa shape index (κ1) is 18.6. The number of carbonyl (C=O) groups is 2. The van der Waals surface area contributed by atoms with Crippen molar-refractivity contribution in [2.45, 2.75) is 33.0 Å². The maximum atomic E-state index is 12.3. The molecule has 0 bridgehead atoms. The molecule has 1 amide bonds. The van der Waals surface area contributed by atoms with E-state index in [0.29, 0.717) is 28.5 Å². The molecule has 2 aromatic rings. The maximum Gasteiger partial charge on any atom is 0.338 e. The van der Waals surface area contributed by atoms with Gasteiger partial charge in [-0.3, -0.25) is 4.79 Å². The maximum absolute atomic E-state index is 12.3. The number of hydrogen-bond donors (Lipinski definition) is 1. The van der Waals surface area contributed by atoms with E-state index in [4.69, 9.17) is 18.9 Å². The van der Waals surface area contributed by atoms with E-state index in [1.54, 1.807) is 42.5 Å². The van der Waals surface area contributed by atoms with Gasteiger partial charge in [-0.2, -0.15) is 0 Å². The lowest BCUT2D eigenvalue weighted by Gasteiger charge is -2.14. The molecule has 27 heavy (non-hydrogen) atoms. The van der Waals surface area contributed by atoms with Crippen molar-refractivity contribution >= 4 is 17.6 Å². The van der Waals surface area contributed by atoms with Gasteiger partial charge in [0.1, 0.15) is 5.75 Å². The first-order valence-electron chi connectivity index (χ1n) is 8.60. The van der Waals surface area contributed by atoms with Crippen LogP contribution in [0.3, 0.4) is 0 Å². The summed E-state index contributed by atoms with van der Waals surface area (Å²) in [6.45, 7) is 5.50. The Bertz CT molecular complexity index is 831. The minimum absolute atomic E-state index is 0.0442. The van der Waals surface area contributed by atoms with Crippen molar-refractivity contribution in [1.29, 1.82) is 0 Å². The van der Waals surface area contributed by atoms with Gasteiger partial charge < -0.3 is 24.3 Å². The predicted octanol–water partition coefficient (Wildman–Crippen LogP) is 3.39. The summed E-state index contributed by atoms with van der Waals surface area (Å²) in [7, 11) is 0. The standard InChI is InChI=1S/C20H21NO6/c1-12(2)26-16-7-4-14(5-8-16)20(23)27-13(3)19(22)21-15-6-9-17-18(10-15)25-11-24-17/h4-10,12-13H,11H2,1-3H3,(H,21,22)/t13-/m1/s1. The lowest BCUT2D eigenvalue weighted by atomic mass is 10.2. The highest BCUT2D eigenvalue weighted by Gasteiger charge is 2.20. The van der Waals surface area contributed by atoms with Crippen LogP contribution in [0.1, 0.15) is 31.1 Å². The quantitative estimate of drug-likeness (QED) is 0.784. The molecule has 7 nitrogen and oxygen atoms in total. The monoisotopic (exact) mass is 371 g/mol. The fraction of sp³-hybridized carbons (Fsp3) is 0.300. The molecule has 0 saturated heterocycles. The van der Waals surface area contributed by atoms with Gasteiger partial charge in [0, 0.05) is 11.8 Å². The van der Waals surface area contributed by atoms with E-state index >= 15 is 0 Å². The zero-order valence-electron chi connectivity index (χ0n) is 15.4. The number of ether oxygens (including phenoxy) is 4. The van der Waals surface area contributed by atoms with Gasteiger partial charge in [-0.05, 0) is 57.2 Å². The van der Waals surface area contributed by atoms with Gasteiger partial charge in [0.2, 0.25) is 6.79 Å². The largest absolute Gasteiger partial charge is 0.491 e. The molecular weight excluding hydrogens is 350 g/mol. The summed E-state index contributed by atoms with van der Waals surface area (Å²) in [5, 5.41) is 2.69. The molecule has 2 aromatic carbocycles. The van der Waals surface area contributed by atoms with E-state index in [1.807, 2.05) is 13.8 Å². The Morgan fingerprint density at radius 3 is 2.41 bits per heavy atom. The molecule has 7 heteroatoms. The number of amides is 1. The third kappa shape index (κ3) is 4.69. The predicted molar refractivity (Wildman–Crippen MR) is 98.3 cm³/mol. The number of fused-ring (bicyclic) bond motifs is 1. The number of rotatable bonds is 6. The van der Waals surface area contributed by atoms with Gasteiger partial charge >= 0.3 is 5.97 Å². The number of nitrogens with one attached hydrogen (secondary N) is 1. The topological polar surface area (TPSA) is 83.1 Å². The summed E-state index contributed by atoms with van der Waals surface area (Å²) >= 11 is 0. The Morgan fingerprint density at radius 2 is 1.70 bits per heavy atom. The van der Waals surface area contributed by atoms with Crippen molar-refractivity contribution in [3.63, 3.8) is 0 Å². The van der Waals surface area contributed by atoms with Gasteiger partial charge in [-0.1, -0.05) is 0 Å². The molecular formula is C20H21NO6. The van der Waals surface area contributed by atoms with Crippen LogP contribution >= 0.6 is 0 Å². The fourth-order valence-corrected chi connectivity index (χ4v) is 2.44. The van der Waals surface area contributed by atoms with E-state index in [0.717, 1.165) is 0 Å². The zero-order chi connectivity index (χ0) is 19.4. The van der Waals surface area contributed by atoms with Crippen molar-refractivity contribution in [3.8, 4) is 17.2 Å². The van der Waals surface area contributed by atoms with Gasteiger partial charge in [0.15, 0.2) is 17.6 Å². The lowest BCUT2D eigenvalue weighted by molar-refractivity contribution is -0.123. The summed E-state index contributed by atoms with van der Waals surface area (Å²) in [6.07, 6.45) is -0.919. The second kappa shape index (κ2) is 7.99. The Kier molecular flexibility index (Phi) is 5.49. The summed E-state index contributed by atoms with van der Waals surface area (Å²) in [5.74, 6) is 0.815. The summed E-state index contributed by atoms with van der Waals surface area (Å²) in [6, 6.07) is 11.6. The Hall–Kier alpha value is -3.22. The smallest absolute Gasteiger partial charge is 0.338 e. The molecule has 0 unspecified atom stereocenters. The van der Waals surface area contributed by atoms with Crippen LogP contribution in [0.5, 0.6) is 17.2 Å². The van der Waals surface area contributed by atoms with Crippen molar-refractivity contribution in [2.75, 3.05) is 12.1 Å². The summed E-state index contributed by atoms with van der Waals surface area (Å²) in [4.78, 5) is 24.5. The lowest BCUT2D eigenvalue weighted by Crippen LogP contribution is -2.30. The molecule has 1 atom stereocenters. The normalized spacial score (nSPS) is 13.2. The Balaban J connectivity index is 1.56. The second-order valence-corrected chi connectivity index (χ2v) is 6.30. The van der Waals surface area contributed by atoms with Crippen LogP contribution in [0.15, 0.2) is 42.5 Å². The third-order valence-corrected chi connectivity index (χ3v) is 3.75. The average Bonchev–Trinajstić information content (AvgIpc) is 3.09. The van der Waals surface area contributed by atoms with Crippen LogP contribution in [0.25, 0.3) is 0 Å². The van der Waals surface area contributed by atoms with Gasteiger partial charge in [0.25, 0.3) is 5.91 Å². The van der Waals surface area contributed by atoms with E-state index in [2.05, 4.69) is 5.32 Å². The summed E-state index contributed by atoms with van der Waals surface area (Å²) < 4.78 is 21.3. The molecule has 3 rings (SSSR count). The zero-order valence-corrected chi connectivity index (χ0v) is 15.4. The van der Waals surface area contributed by atoms with E-state index in [1.165, 1.54) is 6.92 Å². The molecule has 0 fully saturated rings. The number of carbonyl (C=O) groups excluding carboxylic acids is 2. The molecule has 1 aliphatic rings. The second-order valence-electron chi connectivity index (χ2n) is 6.30. The van der Waals surface area contributed by atoms with Gasteiger partial charge in [0.05, 0.1) is 11.7 Å². The van der Waals surface area contributed by atoms with Crippen LogP contribution in [-0.4, -0.2) is 30.9 Å². The van der Waals surface area contributed by atoms with Crippen molar-refractivity contribution in [1.82, 2.24) is 0 Å². The van der Waals surface area contributed by atoms with Crippen molar-refractivity contribution < 1.29 is 28.5 Å². The van der Waals surface area contributed by atoms with E-state index in [9.17, 15) is 9.59 Å². The Morgan fingerprint density at radius 1 is 1.00 bits per heavy atom. The molecule has 1 heterocycles. The number of hydrogen-bond acceptors (Lipinski definition) is 6. The first-order valence-corrected chi connectivity index (χ1v) is 8.60. The van der Waals surface area contributed by atoms with Crippen LogP contribution in [0, 0.1) is 0 Å². The molecule has 1 N–H and O–H groups in total. The summed E-state index contributed by atoms with van der Waals surface area (Å²) in [5.41, 5.74) is 0.871. The minimum atomic E-state index is -0.963. The fourth-order valence-electron chi connectivity index (χ4n) is 2.44. The van der Waals surface area contributed by atoms with Gasteiger partial charge in [-0.25, -0.2) is 4.79 Å². The average molecular weight is 371 g/mol. The Labute approximate surface area is 157 Å². The minimum Gasteiger partial charge on any atom is -0.491 e. The van der Waals surface area contributed by atoms with Crippen molar-refractivity contribution in [3.05, 3.63) is 48.0 Å². The van der Waals surface area contributed by atoms with E-state index in [-0.39, 0.29) is 12.9 Å². The highest BCUT2D eigenvalue weighted by molar-refractivity contribution is 5.97. The molecule has 1 aliphatic heterocycles. The highest BCUT2D eigenvalue weighted by Crippen LogP contribution is 2.34. The molecule has 0 aromatic heterocycles. The molecule has 0 radical (unpaired) electrons. The number of benzene rings is 2. The van der Waals surface area contributed by atoms with Crippen LogP contribution in [0.2, 0.25) is 0 Å². The molecule has 0 saturated carbocycles. The molecule has 0 aliphatic carbocycles. The molecule has 142 valence electrons. The number of esters is 1. The van der Waals surface area contributed by atoms with Crippen LogP contribution < -0.4 is 19.5 Å². The highest BCUT2D eigenvalue weighted by atomic mass is 16.7. The number of anilines is 1. The van der Waals surface area contributed by atoms with Gasteiger partial charge in [-0.15, -0.1) is 0 Å².